The summed E-state index contributed by atoms with van der Waals surface area (Å²) in [5.41, 5.74) is 3.05. The number of halogens is 2. The number of benzene rings is 2. The minimum Gasteiger partial charge on any atom is -0.374 e. The highest BCUT2D eigenvalue weighted by atomic mass is 35.5. The van der Waals surface area contributed by atoms with Crippen molar-refractivity contribution in [3.8, 4) is 0 Å². The molecule has 1 aliphatic rings. The van der Waals surface area contributed by atoms with Gasteiger partial charge in [-0.3, -0.25) is 4.79 Å². The molecule has 0 bridgehead atoms. The molecule has 0 saturated carbocycles. The molecule has 1 aliphatic heterocycles. The number of carbonyl (C=O) groups is 1. The van der Waals surface area contributed by atoms with Crippen LogP contribution in [0.3, 0.4) is 0 Å². The molecule has 0 saturated heterocycles. The summed E-state index contributed by atoms with van der Waals surface area (Å²) in [6.07, 6.45) is 0. The van der Waals surface area contributed by atoms with Crippen LogP contribution >= 0.6 is 11.6 Å². The number of amides is 1. The van der Waals surface area contributed by atoms with Gasteiger partial charge >= 0.3 is 0 Å². The van der Waals surface area contributed by atoms with Crippen molar-refractivity contribution in [2.45, 2.75) is 13.5 Å². The van der Waals surface area contributed by atoms with E-state index in [1.165, 1.54) is 6.07 Å². The Hall–Kier alpha value is -2.07. The second kappa shape index (κ2) is 5.37. The molecule has 0 spiro atoms. The third kappa shape index (κ3) is 2.59. The molecular weight excluding hydrogens is 291 g/mol. The summed E-state index contributed by atoms with van der Waals surface area (Å²) in [6.45, 7) is 2.31. The lowest BCUT2D eigenvalue weighted by atomic mass is 10.1. The fraction of sp³-hybridized carbons (Fsp3) is 0.188. The van der Waals surface area contributed by atoms with Crippen LogP contribution in [-0.2, 0) is 11.3 Å². The fourth-order valence-electron chi connectivity index (χ4n) is 2.44. The predicted molar refractivity (Wildman–Crippen MR) is 82.3 cm³/mol. The Morgan fingerprint density at radius 1 is 1.33 bits per heavy atom. The smallest absolute Gasteiger partial charge is 0.246 e. The van der Waals surface area contributed by atoms with Gasteiger partial charge in [0.15, 0.2) is 0 Å². The zero-order valence-electron chi connectivity index (χ0n) is 11.5. The lowest BCUT2D eigenvalue weighted by Crippen LogP contribution is -2.39. The molecule has 2 aromatic carbocycles. The normalized spacial score (nSPS) is 13.9. The lowest BCUT2D eigenvalue weighted by molar-refractivity contribution is -0.117. The first-order chi connectivity index (χ1) is 10.1. The first-order valence-electron chi connectivity index (χ1n) is 6.64. The Kier molecular flexibility index (Phi) is 3.55. The monoisotopic (exact) mass is 304 g/mol. The molecule has 0 atom stereocenters. The Balaban J connectivity index is 2.01. The van der Waals surface area contributed by atoms with E-state index in [4.69, 9.17) is 11.6 Å². The zero-order chi connectivity index (χ0) is 15.0. The molecule has 0 aliphatic carbocycles. The molecule has 3 nitrogen and oxygen atoms in total. The van der Waals surface area contributed by atoms with Crippen LogP contribution in [0, 0.1) is 12.7 Å². The maximum Gasteiger partial charge on any atom is 0.246 e. The fourth-order valence-corrected chi connectivity index (χ4v) is 2.67. The molecule has 1 N–H and O–H groups in total. The maximum absolute atomic E-state index is 13.9. The minimum absolute atomic E-state index is 0.106. The van der Waals surface area contributed by atoms with Gasteiger partial charge in [-0.2, -0.15) is 0 Å². The van der Waals surface area contributed by atoms with Crippen molar-refractivity contribution in [3.63, 3.8) is 0 Å². The van der Waals surface area contributed by atoms with E-state index in [1.807, 2.05) is 25.1 Å². The highest BCUT2D eigenvalue weighted by molar-refractivity contribution is 6.31. The Morgan fingerprint density at radius 3 is 2.90 bits per heavy atom. The number of aryl methyl sites for hydroxylation is 1. The van der Waals surface area contributed by atoms with Crippen LogP contribution in [0.25, 0.3) is 0 Å². The third-order valence-corrected chi connectivity index (χ3v) is 3.91. The van der Waals surface area contributed by atoms with Crippen LogP contribution in [0.4, 0.5) is 15.8 Å². The third-order valence-electron chi connectivity index (χ3n) is 3.55. The van der Waals surface area contributed by atoms with Crippen molar-refractivity contribution in [3.05, 3.63) is 58.4 Å². The van der Waals surface area contributed by atoms with Gasteiger partial charge in [0, 0.05) is 10.6 Å². The summed E-state index contributed by atoms with van der Waals surface area (Å²) >= 11 is 6.06. The molecule has 2 aromatic rings. The standard InChI is InChI=1S/C16H14ClFN2O/c1-10-5-6-15-14(7-10)19-8-16(21)20(15)9-11-12(17)3-2-4-13(11)18/h2-7,19H,8-9H2,1H3. The molecule has 5 heteroatoms. The molecule has 108 valence electrons. The minimum atomic E-state index is -0.400. The van der Waals surface area contributed by atoms with E-state index < -0.39 is 5.82 Å². The Morgan fingerprint density at radius 2 is 2.14 bits per heavy atom. The van der Waals surface area contributed by atoms with E-state index in [9.17, 15) is 9.18 Å². The SMILES string of the molecule is Cc1ccc2c(c1)NCC(=O)N2Cc1c(F)cccc1Cl. The molecule has 0 unspecified atom stereocenters. The summed E-state index contributed by atoms with van der Waals surface area (Å²) < 4.78 is 13.9. The highest BCUT2D eigenvalue weighted by Crippen LogP contribution is 2.33. The number of anilines is 2. The van der Waals surface area contributed by atoms with Crippen LogP contribution in [0.2, 0.25) is 5.02 Å². The Bertz CT molecular complexity index is 697. The van der Waals surface area contributed by atoms with Gasteiger partial charge in [-0.25, -0.2) is 4.39 Å². The van der Waals surface area contributed by atoms with Crippen LogP contribution in [0.15, 0.2) is 36.4 Å². The number of hydrogen-bond acceptors (Lipinski definition) is 2. The van der Waals surface area contributed by atoms with Gasteiger partial charge in [-0.1, -0.05) is 23.7 Å². The molecule has 0 radical (unpaired) electrons. The average molecular weight is 305 g/mol. The second-order valence-electron chi connectivity index (χ2n) is 5.05. The van der Waals surface area contributed by atoms with E-state index in [-0.39, 0.29) is 19.0 Å². The van der Waals surface area contributed by atoms with Gasteiger partial charge in [0.1, 0.15) is 5.82 Å². The second-order valence-corrected chi connectivity index (χ2v) is 5.46. The van der Waals surface area contributed by atoms with Crippen LogP contribution < -0.4 is 10.2 Å². The van der Waals surface area contributed by atoms with Gasteiger partial charge in [0.25, 0.3) is 0 Å². The highest BCUT2D eigenvalue weighted by Gasteiger charge is 2.25. The zero-order valence-corrected chi connectivity index (χ0v) is 12.2. The predicted octanol–water partition coefficient (Wildman–Crippen LogP) is 3.75. The molecule has 3 rings (SSSR count). The first kappa shape index (κ1) is 13.9. The van der Waals surface area contributed by atoms with Gasteiger partial charge < -0.3 is 10.2 Å². The van der Waals surface area contributed by atoms with Crippen molar-refractivity contribution >= 4 is 28.9 Å². The van der Waals surface area contributed by atoms with Crippen molar-refractivity contribution in [1.29, 1.82) is 0 Å². The molecular formula is C16H14ClFN2O. The number of fused-ring (bicyclic) bond motifs is 1. The van der Waals surface area contributed by atoms with Crippen molar-refractivity contribution in [1.82, 2.24) is 0 Å². The summed E-state index contributed by atoms with van der Waals surface area (Å²) in [7, 11) is 0. The average Bonchev–Trinajstić information content (AvgIpc) is 2.45. The van der Waals surface area contributed by atoms with Crippen molar-refractivity contribution in [2.75, 3.05) is 16.8 Å². The van der Waals surface area contributed by atoms with Crippen LogP contribution in [0.1, 0.15) is 11.1 Å². The van der Waals surface area contributed by atoms with E-state index >= 15 is 0 Å². The number of nitrogens with zero attached hydrogens (tertiary/aromatic N) is 1. The maximum atomic E-state index is 13.9. The number of nitrogens with one attached hydrogen (secondary N) is 1. The molecule has 0 aromatic heterocycles. The van der Waals surface area contributed by atoms with Crippen LogP contribution in [0.5, 0.6) is 0 Å². The number of hydrogen-bond donors (Lipinski definition) is 1. The van der Waals surface area contributed by atoms with Crippen LogP contribution in [-0.4, -0.2) is 12.5 Å². The summed E-state index contributed by atoms with van der Waals surface area (Å²) in [5, 5.41) is 3.41. The topological polar surface area (TPSA) is 32.3 Å². The lowest BCUT2D eigenvalue weighted by Gasteiger charge is -2.30. The van der Waals surface area contributed by atoms with Gasteiger partial charge in [-0.15, -0.1) is 0 Å². The first-order valence-corrected chi connectivity index (χ1v) is 7.02. The van der Waals surface area contributed by atoms with Crippen molar-refractivity contribution < 1.29 is 9.18 Å². The summed E-state index contributed by atoms with van der Waals surface area (Å²) in [6, 6.07) is 10.3. The largest absolute Gasteiger partial charge is 0.374 e. The van der Waals surface area contributed by atoms with Gasteiger partial charge in [-0.05, 0) is 36.8 Å². The summed E-state index contributed by atoms with van der Waals surface area (Å²) in [5.74, 6) is -0.506. The molecule has 21 heavy (non-hydrogen) atoms. The van der Waals surface area contributed by atoms with E-state index in [0.29, 0.717) is 10.6 Å². The van der Waals surface area contributed by atoms with E-state index in [1.54, 1.807) is 17.0 Å². The number of carbonyl (C=O) groups excluding carboxylic acids is 1. The van der Waals surface area contributed by atoms with Gasteiger partial charge in [0.2, 0.25) is 5.91 Å². The van der Waals surface area contributed by atoms with Crippen molar-refractivity contribution in [2.24, 2.45) is 0 Å². The quantitative estimate of drug-likeness (QED) is 0.916. The molecule has 1 amide bonds. The number of rotatable bonds is 2. The van der Waals surface area contributed by atoms with Gasteiger partial charge in [0.05, 0.1) is 24.5 Å². The molecule has 1 heterocycles. The molecule has 0 fully saturated rings. The van der Waals surface area contributed by atoms with E-state index in [0.717, 1.165) is 16.9 Å². The Labute approximate surface area is 127 Å². The van der Waals surface area contributed by atoms with E-state index in [2.05, 4.69) is 5.32 Å². The summed E-state index contributed by atoms with van der Waals surface area (Å²) in [4.78, 5) is 13.7.